The normalized spacial score (nSPS) is 16.7. The lowest BCUT2D eigenvalue weighted by Crippen LogP contribution is -2.38. The van der Waals surface area contributed by atoms with E-state index < -0.39 is 21.6 Å². The zero-order valence-electron chi connectivity index (χ0n) is 15.2. The van der Waals surface area contributed by atoms with Crippen LogP contribution < -0.4 is 9.62 Å². The number of halogens is 1. The van der Waals surface area contributed by atoms with Gasteiger partial charge in [-0.15, -0.1) is 11.3 Å². The third-order valence-electron chi connectivity index (χ3n) is 4.53. The molecule has 0 radical (unpaired) electrons. The minimum atomic E-state index is -4.06. The van der Waals surface area contributed by atoms with Crippen molar-refractivity contribution in [1.29, 1.82) is 0 Å². The number of carbonyl (C=O) groups excluding carboxylic acids is 1. The number of thiophene rings is 1. The van der Waals surface area contributed by atoms with Gasteiger partial charge in [-0.2, -0.15) is 0 Å². The molecule has 5 nitrogen and oxygen atoms in total. The molecule has 0 bridgehead atoms. The van der Waals surface area contributed by atoms with Gasteiger partial charge in [0.1, 0.15) is 10.7 Å². The molecular formula is C21H17FN2O3S2. The van der Waals surface area contributed by atoms with Gasteiger partial charge in [0.05, 0.1) is 12.2 Å². The number of hydrogen-bond donors (Lipinski definition) is 1. The number of Topliss-reactive ketones (excluding diaryl/α,β-unsaturated/α-hetero) is 1. The average molecular weight is 429 g/mol. The van der Waals surface area contributed by atoms with Crippen molar-refractivity contribution in [2.24, 2.45) is 0 Å². The van der Waals surface area contributed by atoms with Gasteiger partial charge in [-0.25, -0.2) is 12.8 Å². The third kappa shape index (κ3) is 3.81. The first-order valence-electron chi connectivity index (χ1n) is 8.83. The number of hydrogen-bond acceptors (Lipinski definition) is 5. The Morgan fingerprint density at radius 1 is 1.00 bits per heavy atom. The Balaban J connectivity index is 1.67. The molecule has 1 aliphatic rings. The summed E-state index contributed by atoms with van der Waals surface area (Å²) in [6, 6.07) is 16.7. The molecule has 0 fully saturated rings. The molecule has 0 spiro atoms. The molecule has 1 aromatic heterocycles. The molecule has 2 aromatic carbocycles. The van der Waals surface area contributed by atoms with Crippen LogP contribution in [0.3, 0.4) is 0 Å². The van der Waals surface area contributed by atoms with E-state index in [1.165, 1.54) is 46.1 Å². The number of ketones is 1. The number of rotatable bonds is 5. The van der Waals surface area contributed by atoms with E-state index in [4.69, 9.17) is 0 Å². The van der Waals surface area contributed by atoms with E-state index in [1.54, 1.807) is 11.4 Å². The topological polar surface area (TPSA) is 66.5 Å². The molecule has 148 valence electrons. The van der Waals surface area contributed by atoms with Crippen LogP contribution in [0.5, 0.6) is 0 Å². The highest BCUT2D eigenvalue weighted by Crippen LogP contribution is 2.39. The van der Waals surface area contributed by atoms with Crippen molar-refractivity contribution >= 4 is 32.8 Å². The van der Waals surface area contributed by atoms with Crippen molar-refractivity contribution in [2.45, 2.75) is 13.1 Å². The van der Waals surface area contributed by atoms with E-state index >= 15 is 0 Å². The molecule has 0 unspecified atom stereocenters. The van der Waals surface area contributed by atoms with Crippen LogP contribution in [0, 0.1) is 5.82 Å². The van der Waals surface area contributed by atoms with Gasteiger partial charge in [0.25, 0.3) is 10.0 Å². The molecule has 0 saturated carbocycles. The summed E-state index contributed by atoms with van der Waals surface area (Å²) in [5, 5.41) is 4.63. The number of benzene rings is 2. The largest absolute Gasteiger partial charge is 0.386 e. The number of anilines is 1. The van der Waals surface area contributed by atoms with E-state index in [2.05, 4.69) is 5.32 Å². The first kappa shape index (κ1) is 19.4. The van der Waals surface area contributed by atoms with Gasteiger partial charge in [-0.3, -0.25) is 9.10 Å². The minimum Gasteiger partial charge on any atom is -0.386 e. The van der Waals surface area contributed by atoms with Gasteiger partial charge < -0.3 is 5.32 Å². The molecule has 0 aliphatic carbocycles. The number of allylic oxidation sites excluding steroid dienone is 1. The molecule has 1 aliphatic heterocycles. The van der Waals surface area contributed by atoms with Gasteiger partial charge in [0, 0.05) is 12.7 Å². The fourth-order valence-electron chi connectivity index (χ4n) is 3.07. The van der Waals surface area contributed by atoms with Crippen molar-refractivity contribution in [3.8, 4) is 0 Å². The number of nitrogens with one attached hydrogen (secondary N) is 1. The maximum atomic E-state index is 13.2. The Labute approximate surface area is 172 Å². The highest BCUT2D eigenvalue weighted by molar-refractivity contribution is 7.97. The Morgan fingerprint density at radius 2 is 1.72 bits per heavy atom. The van der Waals surface area contributed by atoms with Crippen LogP contribution in [0.15, 0.2) is 77.1 Å². The number of carbonyl (C=O) groups is 1. The van der Waals surface area contributed by atoms with Crippen molar-refractivity contribution in [3.63, 3.8) is 0 Å². The summed E-state index contributed by atoms with van der Waals surface area (Å²) in [6.07, 6.45) is 1.27. The molecule has 2 heterocycles. The summed E-state index contributed by atoms with van der Waals surface area (Å²) in [6.45, 7) is 0.401. The van der Waals surface area contributed by atoms with Crippen molar-refractivity contribution in [2.75, 3.05) is 4.31 Å². The summed E-state index contributed by atoms with van der Waals surface area (Å²) in [7, 11) is -4.06. The summed E-state index contributed by atoms with van der Waals surface area (Å²) in [4.78, 5) is 12.9. The van der Waals surface area contributed by atoms with Crippen LogP contribution in [0.25, 0.3) is 0 Å². The highest BCUT2D eigenvalue weighted by Gasteiger charge is 2.41. The summed E-state index contributed by atoms with van der Waals surface area (Å²) in [5.74, 6) is -0.918. The maximum Gasteiger partial charge on any atom is 0.270 e. The lowest BCUT2D eigenvalue weighted by atomic mass is 10.2. The predicted octanol–water partition coefficient (Wildman–Crippen LogP) is 4.05. The summed E-state index contributed by atoms with van der Waals surface area (Å²) < 4.78 is 40.9. The van der Waals surface area contributed by atoms with Crippen LogP contribution in [-0.2, 0) is 23.1 Å². The van der Waals surface area contributed by atoms with Gasteiger partial charge in [0.2, 0.25) is 5.78 Å². The number of nitrogens with zero attached hydrogens (tertiary/aromatic N) is 1. The van der Waals surface area contributed by atoms with Crippen LogP contribution >= 0.6 is 11.3 Å². The Kier molecular flexibility index (Phi) is 5.21. The fraction of sp³-hybridized carbons (Fsp3) is 0.0952. The minimum absolute atomic E-state index is 0.00958. The molecule has 3 aromatic rings. The quantitative estimate of drug-likeness (QED) is 0.623. The molecule has 8 heteroatoms. The Morgan fingerprint density at radius 3 is 2.45 bits per heavy atom. The lowest BCUT2D eigenvalue weighted by Gasteiger charge is -2.29. The Bertz CT molecular complexity index is 1170. The fourth-order valence-corrected chi connectivity index (χ4v) is 5.58. The van der Waals surface area contributed by atoms with Crippen LogP contribution in [0.2, 0.25) is 0 Å². The molecule has 1 N–H and O–H groups in total. The monoisotopic (exact) mass is 428 g/mol. The first-order valence-corrected chi connectivity index (χ1v) is 11.2. The molecule has 4 rings (SSSR count). The van der Waals surface area contributed by atoms with E-state index in [0.29, 0.717) is 22.7 Å². The van der Waals surface area contributed by atoms with Crippen molar-refractivity contribution in [1.82, 2.24) is 5.32 Å². The number of fused-ring (bicyclic) bond motifs is 1. The van der Waals surface area contributed by atoms with Gasteiger partial charge >= 0.3 is 0 Å². The van der Waals surface area contributed by atoms with Crippen molar-refractivity contribution < 1.29 is 17.6 Å². The average Bonchev–Trinajstić information content (AvgIpc) is 3.20. The summed E-state index contributed by atoms with van der Waals surface area (Å²) >= 11 is 1.20. The molecule has 0 amide bonds. The zero-order valence-corrected chi connectivity index (χ0v) is 16.8. The Hall–Kier alpha value is -2.97. The van der Waals surface area contributed by atoms with Crippen LogP contribution in [0.4, 0.5) is 10.1 Å². The highest BCUT2D eigenvalue weighted by atomic mass is 32.2. The SMILES string of the molecule is O=C1C(=CNCc2ccccc2)S(=O)(=O)N(Cc2ccc(F)cc2)c2ccsc21. The summed E-state index contributed by atoms with van der Waals surface area (Å²) in [5.41, 5.74) is 1.94. The second-order valence-corrected chi connectivity index (χ2v) is 9.22. The van der Waals surface area contributed by atoms with E-state index in [-0.39, 0.29) is 11.4 Å². The number of sulfonamides is 1. The van der Waals surface area contributed by atoms with E-state index in [9.17, 15) is 17.6 Å². The molecule has 0 atom stereocenters. The third-order valence-corrected chi connectivity index (χ3v) is 7.20. The maximum absolute atomic E-state index is 13.2. The molecular weight excluding hydrogens is 411 g/mol. The van der Waals surface area contributed by atoms with Crippen LogP contribution in [0.1, 0.15) is 20.8 Å². The molecule has 29 heavy (non-hydrogen) atoms. The van der Waals surface area contributed by atoms with Gasteiger partial charge in [-0.1, -0.05) is 42.5 Å². The van der Waals surface area contributed by atoms with Crippen molar-refractivity contribution in [3.05, 3.63) is 99.0 Å². The van der Waals surface area contributed by atoms with E-state index in [1.807, 2.05) is 30.3 Å². The first-order chi connectivity index (χ1) is 14.0. The second kappa shape index (κ2) is 7.81. The second-order valence-electron chi connectivity index (χ2n) is 6.48. The molecule has 0 saturated heterocycles. The van der Waals surface area contributed by atoms with E-state index in [0.717, 1.165) is 5.56 Å². The van der Waals surface area contributed by atoms with Gasteiger partial charge in [0.15, 0.2) is 4.91 Å². The predicted molar refractivity (Wildman–Crippen MR) is 112 cm³/mol. The smallest absolute Gasteiger partial charge is 0.270 e. The zero-order chi connectivity index (χ0) is 20.4. The standard InChI is InChI=1S/C21H17FN2O3S2/c22-17-8-6-16(7-9-17)14-24-18-10-11-28-21(18)20(25)19(29(24,26)27)13-23-12-15-4-2-1-3-5-15/h1-11,13,23H,12,14H2. The van der Waals surface area contributed by atoms with Gasteiger partial charge in [-0.05, 0) is 34.7 Å². The lowest BCUT2D eigenvalue weighted by molar-refractivity contribution is 0.104. The van der Waals surface area contributed by atoms with Crippen LogP contribution in [-0.4, -0.2) is 14.2 Å².